The van der Waals surface area contributed by atoms with Gasteiger partial charge in [-0.05, 0) is 38.4 Å². The van der Waals surface area contributed by atoms with Crippen LogP contribution in [0.1, 0.15) is 31.7 Å². The number of hydrogen-bond acceptors (Lipinski definition) is 4. The molecule has 2 saturated heterocycles. The van der Waals surface area contributed by atoms with Crippen molar-refractivity contribution in [3.63, 3.8) is 0 Å². The Bertz CT molecular complexity index is 818. The predicted octanol–water partition coefficient (Wildman–Crippen LogP) is 2.75. The van der Waals surface area contributed by atoms with Gasteiger partial charge in [0.15, 0.2) is 0 Å². The highest BCUT2D eigenvalue weighted by atomic mass is 16.2. The Morgan fingerprint density at radius 2 is 1.96 bits per heavy atom. The number of carbonyl (C=O) groups excluding carboxylic acids is 1. The van der Waals surface area contributed by atoms with Crippen molar-refractivity contribution in [1.29, 1.82) is 0 Å². The smallest absolute Gasteiger partial charge is 0.222 e. The minimum Gasteiger partial charge on any atom is -0.343 e. The number of piperazine rings is 1. The van der Waals surface area contributed by atoms with E-state index in [0.29, 0.717) is 12.3 Å². The number of likely N-dealkylation sites (N-methyl/N-ethyl adjacent to an activating group) is 1. The van der Waals surface area contributed by atoms with Crippen molar-refractivity contribution in [3.05, 3.63) is 42.1 Å². The minimum atomic E-state index is 0.107. The van der Waals surface area contributed by atoms with Crippen molar-refractivity contribution in [3.8, 4) is 0 Å². The molecule has 5 nitrogen and oxygen atoms in total. The maximum atomic E-state index is 12.4. The number of para-hydroxylation sites is 1. The lowest BCUT2D eigenvalue weighted by atomic mass is 9.86. The van der Waals surface area contributed by atoms with E-state index in [9.17, 15) is 4.79 Å². The molecule has 0 saturated carbocycles. The van der Waals surface area contributed by atoms with Crippen molar-refractivity contribution in [1.82, 2.24) is 19.7 Å². The third-order valence-corrected chi connectivity index (χ3v) is 6.58. The number of rotatable bonds is 3. The lowest BCUT2D eigenvalue weighted by Gasteiger charge is -2.49. The molecular formula is C22H30N4O. The quantitative estimate of drug-likeness (QED) is 0.837. The van der Waals surface area contributed by atoms with Crippen molar-refractivity contribution >= 4 is 16.8 Å². The van der Waals surface area contributed by atoms with Gasteiger partial charge in [-0.15, -0.1) is 0 Å². The third-order valence-electron chi connectivity index (χ3n) is 6.58. The first kappa shape index (κ1) is 18.4. The van der Waals surface area contributed by atoms with Crippen LogP contribution in [0.3, 0.4) is 0 Å². The van der Waals surface area contributed by atoms with E-state index in [1.165, 1.54) is 10.9 Å². The first-order chi connectivity index (χ1) is 13.1. The van der Waals surface area contributed by atoms with E-state index in [1.807, 2.05) is 17.2 Å². The molecule has 2 fully saturated rings. The molecule has 2 aliphatic heterocycles. The fourth-order valence-electron chi connectivity index (χ4n) is 4.78. The van der Waals surface area contributed by atoms with Crippen LogP contribution >= 0.6 is 0 Å². The molecule has 5 heteroatoms. The lowest BCUT2D eigenvalue weighted by Crippen LogP contribution is -2.60. The lowest BCUT2D eigenvalue weighted by molar-refractivity contribution is -0.130. The van der Waals surface area contributed by atoms with Gasteiger partial charge in [-0.25, -0.2) is 0 Å². The Kier molecular flexibility index (Phi) is 5.15. The van der Waals surface area contributed by atoms with Gasteiger partial charge in [0, 0.05) is 62.8 Å². The number of hydrogen-bond donors (Lipinski definition) is 0. The third kappa shape index (κ3) is 3.58. The number of carbonyl (C=O) groups is 1. The van der Waals surface area contributed by atoms with Crippen LogP contribution in [0.5, 0.6) is 0 Å². The number of pyridine rings is 1. The molecule has 0 unspecified atom stereocenters. The van der Waals surface area contributed by atoms with E-state index in [1.54, 1.807) is 0 Å². The molecule has 1 aromatic heterocycles. The molecule has 2 aliphatic rings. The molecule has 27 heavy (non-hydrogen) atoms. The van der Waals surface area contributed by atoms with Crippen LogP contribution in [-0.2, 0) is 11.3 Å². The van der Waals surface area contributed by atoms with Crippen molar-refractivity contribution in [2.75, 3.05) is 39.8 Å². The zero-order valence-corrected chi connectivity index (χ0v) is 16.5. The Morgan fingerprint density at radius 3 is 2.81 bits per heavy atom. The SMILES string of the molecule is CCN1CC[C@@]2(CCC1=O)CN(Cc1cccc3cccnc13)CCN2C. The summed E-state index contributed by atoms with van der Waals surface area (Å²) >= 11 is 0. The van der Waals surface area contributed by atoms with Gasteiger partial charge >= 0.3 is 0 Å². The number of nitrogens with zero attached hydrogens (tertiary/aromatic N) is 4. The Hall–Kier alpha value is -1.98. The van der Waals surface area contributed by atoms with Gasteiger partial charge < -0.3 is 4.90 Å². The summed E-state index contributed by atoms with van der Waals surface area (Å²) in [5.74, 6) is 0.318. The fraction of sp³-hybridized carbons (Fsp3) is 0.545. The Labute approximate surface area is 162 Å². The highest BCUT2D eigenvalue weighted by molar-refractivity contribution is 5.81. The summed E-state index contributed by atoms with van der Waals surface area (Å²) in [5.41, 5.74) is 2.52. The van der Waals surface area contributed by atoms with Crippen LogP contribution < -0.4 is 0 Å². The average molecular weight is 367 g/mol. The summed E-state index contributed by atoms with van der Waals surface area (Å²) in [7, 11) is 2.24. The molecule has 1 amide bonds. The van der Waals surface area contributed by atoms with Crippen LogP contribution in [0.2, 0.25) is 0 Å². The number of fused-ring (bicyclic) bond motifs is 1. The van der Waals surface area contributed by atoms with Crippen molar-refractivity contribution in [2.24, 2.45) is 0 Å². The molecule has 1 aromatic carbocycles. The second kappa shape index (κ2) is 7.56. The number of benzene rings is 1. The maximum Gasteiger partial charge on any atom is 0.222 e. The van der Waals surface area contributed by atoms with Crippen LogP contribution in [0, 0.1) is 0 Å². The topological polar surface area (TPSA) is 39.7 Å². The molecule has 0 N–H and O–H groups in total. The summed E-state index contributed by atoms with van der Waals surface area (Å²) < 4.78 is 0. The summed E-state index contributed by atoms with van der Waals surface area (Å²) in [6.07, 6.45) is 4.58. The van der Waals surface area contributed by atoms with E-state index in [2.05, 4.69) is 53.0 Å². The second-order valence-electron chi connectivity index (χ2n) is 8.07. The molecular weight excluding hydrogens is 336 g/mol. The van der Waals surface area contributed by atoms with Gasteiger partial charge in [0.2, 0.25) is 5.91 Å². The second-order valence-corrected chi connectivity index (χ2v) is 8.07. The standard InChI is InChI=1S/C22H30N4O/c1-3-26-13-11-22(10-9-20(26)27)17-25(15-14-24(22)2)16-19-7-4-6-18-8-5-12-23-21(18)19/h4-8,12H,3,9-11,13-17H2,1-2H3/t22-/m0/s1. The number of aromatic nitrogens is 1. The molecule has 144 valence electrons. The van der Waals surface area contributed by atoms with E-state index in [-0.39, 0.29) is 5.54 Å². The minimum absolute atomic E-state index is 0.107. The van der Waals surface area contributed by atoms with Crippen molar-refractivity contribution in [2.45, 2.75) is 38.3 Å². The van der Waals surface area contributed by atoms with Crippen molar-refractivity contribution < 1.29 is 4.79 Å². The first-order valence-corrected chi connectivity index (χ1v) is 10.2. The zero-order valence-electron chi connectivity index (χ0n) is 16.5. The Balaban J connectivity index is 1.54. The zero-order chi connectivity index (χ0) is 18.9. The summed E-state index contributed by atoms with van der Waals surface area (Å²) in [6.45, 7) is 7.85. The van der Waals surface area contributed by atoms with Gasteiger partial charge in [-0.2, -0.15) is 0 Å². The van der Waals surface area contributed by atoms with Crippen LogP contribution in [0.25, 0.3) is 10.9 Å². The summed E-state index contributed by atoms with van der Waals surface area (Å²) in [5, 5.41) is 1.21. The monoisotopic (exact) mass is 366 g/mol. The molecule has 0 aliphatic carbocycles. The van der Waals surface area contributed by atoms with Crippen LogP contribution in [0.15, 0.2) is 36.5 Å². The largest absolute Gasteiger partial charge is 0.343 e. The van der Waals surface area contributed by atoms with Gasteiger partial charge in [0.05, 0.1) is 5.52 Å². The van der Waals surface area contributed by atoms with Gasteiger partial charge in [-0.1, -0.05) is 24.3 Å². The average Bonchev–Trinajstić information content (AvgIpc) is 2.85. The summed E-state index contributed by atoms with van der Waals surface area (Å²) in [6, 6.07) is 10.6. The number of likely N-dealkylation sites (tertiary alicyclic amines) is 1. The van der Waals surface area contributed by atoms with Crippen LogP contribution in [0.4, 0.5) is 0 Å². The first-order valence-electron chi connectivity index (χ1n) is 10.2. The number of amides is 1. The molecule has 0 bridgehead atoms. The molecule has 1 spiro atoms. The van der Waals surface area contributed by atoms with Gasteiger partial charge in [-0.3, -0.25) is 19.6 Å². The molecule has 3 heterocycles. The predicted molar refractivity (Wildman–Crippen MR) is 108 cm³/mol. The maximum absolute atomic E-state index is 12.4. The fourth-order valence-corrected chi connectivity index (χ4v) is 4.78. The molecule has 2 aromatic rings. The molecule has 4 rings (SSSR count). The molecule has 0 radical (unpaired) electrons. The van der Waals surface area contributed by atoms with E-state index < -0.39 is 0 Å². The Morgan fingerprint density at radius 1 is 1.11 bits per heavy atom. The highest BCUT2D eigenvalue weighted by Crippen LogP contribution is 2.33. The summed E-state index contributed by atoms with van der Waals surface area (Å²) in [4.78, 5) is 24.1. The van der Waals surface area contributed by atoms with Gasteiger partial charge in [0.25, 0.3) is 0 Å². The normalized spacial score (nSPS) is 25.3. The van der Waals surface area contributed by atoms with E-state index in [0.717, 1.165) is 57.6 Å². The van der Waals surface area contributed by atoms with E-state index in [4.69, 9.17) is 0 Å². The van der Waals surface area contributed by atoms with E-state index >= 15 is 0 Å². The highest BCUT2D eigenvalue weighted by Gasteiger charge is 2.42. The van der Waals surface area contributed by atoms with Gasteiger partial charge in [0.1, 0.15) is 0 Å². The van der Waals surface area contributed by atoms with Crippen LogP contribution in [-0.4, -0.2) is 70.9 Å². The molecule has 1 atom stereocenters.